The molecule has 0 bridgehead atoms. The maximum absolute atomic E-state index is 15.0. The first-order valence-electron chi connectivity index (χ1n) is 10.0. The fraction of sp³-hybridized carbons (Fsp3) is 0.261. The van der Waals surface area contributed by atoms with Crippen LogP contribution in [-0.4, -0.2) is 37.7 Å². The lowest BCUT2D eigenvalue weighted by Crippen LogP contribution is -2.23. The van der Waals surface area contributed by atoms with Gasteiger partial charge in [-0.15, -0.1) is 0 Å². The highest BCUT2D eigenvalue weighted by molar-refractivity contribution is 5.85. The topological polar surface area (TPSA) is 46.8 Å². The molecule has 0 spiro atoms. The molecule has 5 rings (SSSR count). The van der Waals surface area contributed by atoms with Gasteiger partial charge in [0.15, 0.2) is 11.6 Å². The summed E-state index contributed by atoms with van der Waals surface area (Å²) in [4.78, 5) is 11.0. The van der Waals surface area contributed by atoms with E-state index in [9.17, 15) is 8.78 Å². The highest BCUT2D eigenvalue weighted by atomic mass is 19.1. The number of aromatic nitrogens is 4. The molecule has 2 aromatic carbocycles. The molecule has 152 valence electrons. The zero-order valence-corrected chi connectivity index (χ0v) is 16.8. The monoisotopic (exact) mass is 405 g/mol. The Hall–Kier alpha value is -3.35. The van der Waals surface area contributed by atoms with Crippen LogP contribution in [0.15, 0.2) is 48.9 Å². The van der Waals surface area contributed by atoms with Crippen molar-refractivity contribution in [1.29, 1.82) is 0 Å². The molecule has 1 aliphatic rings. The van der Waals surface area contributed by atoms with E-state index < -0.39 is 5.82 Å². The summed E-state index contributed by atoms with van der Waals surface area (Å²) in [6.45, 7) is 4.04. The maximum Gasteiger partial charge on any atom is 0.160 e. The van der Waals surface area contributed by atoms with E-state index in [-0.39, 0.29) is 23.1 Å². The van der Waals surface area contributed by atoms with Crippen molar-refractivity contribution in [3.05, 3.63) is 66.1 Å². The molecule has 5 nitrogen and oxygen atoms in total. The SMILES string of the molecule is CCN1C=CC(c2cc(F)c3nc(-c4cc(F)c5nn(C)cc5c4)ncc3c2)CC1. The third kappa shape index (κ3) is 3.20. The smallest absolute Gasteiger partial charge is 0.160 e. The van der Waals surface area contributed by atoms with Crippen LogP contribution < -0.4 is 0 Å². The van der Waals surface area contributed by atoms with E-state index in [1.807, 2.05) is 6.07 Å². The quantitative estimate of drug-likeness (QED) is 0.492. The average Bonchev–Trinajstić information content (AvgIpc) is 3.14. The number of nitrogens with zero attached hydrogens (tertiary/aromatic N) is 5. The lowest BCUT2D eigenvalue weighted by Gasteiger charge is -2.27. The molecule has 0 saturated carbocycles. The van der Waals surface area contributed by atoms with Crippen LogP contribution in [0.1, 0.15) is 24.8 Å². The van der Waals surface area contributed by atoms with Crippen LogP contribution in [0.4, 0.5) is 8.78 Å². The molecule has 30 heavy (non-hydrogen) atoms. The van der Waals surface area contributed by atoms with E-state index in [0.717, 1.165) is 25.1 Å². The van der Waals surface area contributed by atoms with Crippen LogP contribution in [0.25, 0.3) is 33.2 Å². The predicted octanol–water partition coefficient (Wildman–Crippen LogP) is 4.78. The van der Waals surface area contributed by atoms with Gasteiger partial charge in [0.1, 0.15) is 16.9 Å². The second kappa shape index (κ2) is 7.16. The van der Waals surface area contributed by atoms with Gasteiger partial charge in [-0.3, -0.25) is 4.68 Å². The number of aryl methyl sites for hydroxylation is 1. The molecule has 0 fully saturated rings. The van der Waals surface area contributed by atoms with Crippen LogP contribution in [0.3, 0.4) is 0 Å². The summed E-state index contributed by atoms with van der Waals surface area (Å²) >= 11 is 0. The number of benzene rings is 2. The van der Waals surface area contributed by atoms with Gasteiger partial charge in [0.2, 0.25) is 0 Å². The second-order valence-electron chi connectivity index (χ2n) is 7.70. The van der Waals surface area contributed by atoms with Crippen LogP contribution in [0.5, 0.6) is 0 Å². The Balaban J connectivity index is 1.55. The lowest BCUT2D eigenvalue weighted by molar-refractivity contribution is 0.360. The van der Waals surface area contributed by atoms with E-state index in [4.69, 9.17) is 0 Å². The van der Waals surface area contributed by atoms with E-state index in [2.05, 4.69) is 39.2 Å². The van der Waals surface area contributed by atoms with Crippen molar-refractivity contribution >= 4 is 21.8 Å². The fourth-order valence-electron chi connectivity index (χ4n) is 4.06. The summed E-state index contributed by atoms with van der Waals surface area (Å²) in [6, 6.07) is 6.62. The maximum atomic E-state index is 15.0. The highest BCUT2D eigenvalue weighted by Crippen LogP contribution is 2.30. The van der Waals surface area contributed by atoms with Crippen molar-refractivity contribution in [2.24, 2.45) is 7.05 Å². The first-order valence-corrected chi connectivity index (χ1v) is 10.0. The number of fused-ring (bicyclic) bond motifs is 2. The normalized spacial score (nSPS) is 16.7. The summed E-state index contributed by atoms with van der Waals surface area (Å²) < 4.78 is 31.0. The van der Waals surface area contributed by atoms with Gasteiger partial charge in [-0.05, 0) is 49.4 Å². The Kier molecular flexibility index (Phi) is 4.46. The second-order valence-corrected chi connectivity index (χ2v) is 7.70. The van der Waals surface area contributed by atoms with E-state index >= 15 is 0 Å². The molecule has 0 aliphatic carbocycles. The first kappa shape index (κ1) is 18.7. The third-order valence-corrected chi connectivity index (χ3v) is 5.68. The van der Waals surface area contributed by atoms with Gasteiger partial charge in [0.25, 0.3) is 0 Å². The predicted molar refractivity (Wildman–Crippen MR) is 113 cm³/mol. The van der Waals surface area contributed by atoms with Gasteiger partial charge in [0, 0.05) is 54.8 Å². The Morgan fingerprint density at radius 1 is 1.07 bits per heavy atom. The Labute approximate surface area is 172 Å². The highest BCUT2D eigenvalue weighted by Gasteiger charge is 2.18. The summed E-state index contributed by atoms with van der Waals surface area (Å²) in [5.41, 5.74) is 1.95. The minimum absolute atomic E-state index is 0.175. The van der Waals surface area contributed by atoms with Crippen molar-refractivity contribution in [2.45, 2.75) is 19.3 Å². The Morgan fingerprint density at radius 2 is 1.90 bits per heavy atom. The molecule has 0 N–H and O–H groups in total. The van der Waals surface area contributed by atoms with Crippen molar-refractivity contribution in [2.75, 3.05) is 13.1 Å². The molecule has 2 aromatic heterocycles. The van der Waals surface area contributed by atoms with Gasteiger partial charge in [-0.25, -0.2) is 18.7 Å². The molecule has 1 unspecified atom stereocenters. The van der Waals surface area contributed by atoms with Crippen LogP contribution in [0.2, 0.25) is 0 Å². The van der Waals surface area contributed by atoms with Crippen molar-refractivity contribution in [3.8, 4) is 11.4 Å². The first-order chi connectivity index (χ1) is 14.5. The fourth-order valence-corrected chi connectivity index (χ4v) is 4.06. The molecule has 0 radical (unpaired) electrons. The Bertz CT molecular complexity index is 1290. The number of halogens is 2. The molecule has 7 heteroatoms. The van der Waals surface area contributed by atoms with Crippen molar-refractivity contribution < 1.29 is 8.78 Å². The standard InChI is InChI=1S/C23H21F2N5/c1-3-30-6-4-14(5-7-30)15-8-17-12-26-23(27-21(17)19(24)10-15)16-9-18-13-29(2)28-22(18)20(25)11-16/h4,6,8-14H,3,5,7H2,1-2H3. The zero-order chi connectivity index (χ0) is 20.8. The minimum atomic E-state index is -0.451. The summed E-state index contributed by atoms with van der Waals surface area (Å²) in [6.07, 6.45) is 8.49. The van der Waals surface area contributed by atoms with Crippen LogP contribution in [0, 0.1) is 11.6 Å². The van der Waals surface area contributed by atoms with Gasteiger partial charge < -0.3 is 4.90 Å². The molecule has 0 amide bonds. The third-order valence-electron chi connectivity index (χ3n) is 5.68. The molecular weight excluding hydrogens is 384 g/mol. The summed E-state index contributed by atoms with van der Waals surface area (Å²) in [5.74, 6) is -0.378. The molecular formula is C23H21F2N5. The molecule has 4 aromatic rings. The molecule has 1 aliphatic heterocycles. The average molecular weight is 405 g/mol. The van der Waals surface area contributed by atoms with Crippen molar-refractivity contribution in [3.63, 3.8) is 0 Å². The zero-order valence-electron chi connectivity index (χ0n) is 16.8. The van der Waals surface area contributed by atoms with Gasteiger partial charge in [-0.1, -0.05) is 6.08 Å². The number of rotatable bonds is 3. The molecule has 3 heterocycles. The number of allylic oxidation sites excluding steroid dienone is 1. The molecule has 0 saturated heterocycles. The number of hydrogen-bond donors (Lipinski definition) is 0. The summed E-state index contributed by atoms with van der Waals surface area (Å²) in [5, 5.41) is 5.40. The van der Waals surface area contributed by atoms with Crippen molar-refractivity contribution in [1.82, 2.24) is 24.6 Å². The summed E-state index contributed by atoms with van der Waals surface area (Å²) in [7, 11) is 1.74. The molecule has 1 atom stereocenters. The number of hydrogen-bond acceptors (Lipinski definition) is 4. The largest absolute Gasteiger partial charge is 0.378 e. The van der Waals surface area contributed by atoms with E-state index in [0.29, 0.717) is 21.9 Å². The van der Waals surface area contributed by atoms with E-state index in [1.165, 1.54) is 6.07 Å². The lowest BCUT2D eigenvalue weighted by atomic mass is 9.92. The van der Waals surface area contributed by atoms with Gasteiger partial charge in [0.05, 0.1) is 0 Å². The minimum Gasteiger partial charge on any atom is -0.378 e. The van der Waals surface area contributed by atoms with Gasteiger partial charge in [-0.2, -0.15) is 5.10 Å². The Morgan fingerprint density at radius 3 is 2.67 bits per heavy atom. The van der Waals surface area contributed by atoms with E-state index in [1.54, 1.807) is 36.3 Å². The van der Waals surface area contributed by atoms with Crippen LogP contribution >= 0.6 is 0 Å². The van der Waals surface area contributed by atoms with Crippen LogP contribution in [-0.2, 0) is 7.05 Å². The van der Waals surface area contributed by atoms with Gasteiger partial charge >= 0.3 is 0 Å².